The monoisotopic (exact) mass is 527 g/mol. The van der Waals surface area contributed by atoms with Crippen molar-refractivity contribution in [3.05, 3.63) is 93.2 Å². The summed E-state index contributed by atoms with van der Waals surface area (Å²) in [5.74, 6) is -4.02. The molecule has 12 heteroatoms. The number of carbonyl (C=O) groups is 2. The molecule has 2 aromatic heterocycles. The van der Waals surface area contributed by atoms with E-state index in [1.54, 1.807) is 29.4 Å². The predicted molar refractivity (Wildman–Crippen MR) is 133 cm³/mol. The molecule has 4 rings (SSSR count). The average molecular weight is 528 g/mol. The number of nitrogens with one attached hydrogen (secondary N) is 1. The summed E-state index contributed by atoms with van der Waals surface area (Å²) in [7, 11) is 0. The zero-order valence-electron chi connectivity index (χ0n) is 20.9. The summed E-state index contributed by atoms with van der Waals surface area (Å²) in [4.78, 5) is 44.8. The first-order chi connectivity index (χ1) is 18.2. The maximum absolute atomic E-state index is 14.0. The van der Waals surface area contributed by atoms with Crippen LogP contribution >= 0.6 is 0 Å². The molecule has 0 fully saturated rings. The first kappa shape index (κ1) is 26.7. The number of fused-ring (bicyclic) bond motifs is 1. The Morgan fingerprint density at radius 2 is 2.00 bits per heavy atom. The molecule has 38 heavy (non-hydrogen) atoms. The van der Waals surface area contributed by atoms with E-state index in [2.05, 4.69) is 10.3 Å². The largest absolute Gasteiger partial charge is 0.502 e. The zero-order chi connectivity index (χ0) is 27.4. The van der Waals surface area contributed by atoms with E-state index in [4.69, 9.17) is 4.74 Å². The van der Waals surface area contributed by atoms with Crippen LogP contribution in [0.3, 0.4) is 0 Å². The van der Waals surface area contributed by atoms with Gasteiger partial charge in [0.2, 0.25) is 5.43 Å². The summed E-state index contributed by atoms with van der Waals surface area (Å²) >= 11 is 0. The highest BCUT2D eigenvalue weighted by atomic mass is 19.1. The van der Waals surface area contributed by atoms with E-state index in [1.165, 1.54) is 15.6 Å². The molecule has 0 spiro atoms. The van der Waals surface area contributed by atoms with Gasteiger partial charge in [0.05, 0.1) is 24.9 Å². The van der Waals surface area contributed by atoms with Gasteiger partial charge in [0.25, 0.3) is 11.8 Å². The number of halogens is 2. The van der Waals surface area contributed by atoms with Gasteiger partial charge in [-0.25, -0.2) is 8.78 Å². The minimum Gasteiger partial charge on any atom is -0.502 e. The van der Waals surface area contributed by atoms with Crippen molar-refractivity contribution in [1.82, 2.24) is 19.9 Å². The summed E-state index contributed by atoms with van der Waals surface area (Å²) < 4.78 is 34.0. The predicted octanol–water partition coefficient (Wildman–Crippen LogP) is 2.13. The molecule has 0 aliphatic carbocycles. The van der Waals surface area contributed by atoms with Gasteiger partial charge in [-0.15, -0.1) is 0 Å². The van der Waals surface area contributed by atoms with Gasteiger partial charge in [-0.1, -0.05) is 12.1 Å². The number of hydrogen-bond acceptors (Lipinski definition) is 7. The molecule has 1 aliphatic heterocycles. The maximum Gasteiger partial charge on any atom is 0.277 e. The fraction of sp³-hybridized carbons (Fsp3) is 0.308. The van der Waals surface area contributed by atoms with Crippen LogP contribution in [0.2, 0.25) is 0 Å². The number of ether oxygens (including phenoxy) is 1. The summed E-state index contributed by atoms with van der Waals surface area (Å²) in [5.41, 5.74) is -1.16. The summed E-state index contributed by atoms with van der Waals surface area (Å²) in [6, 6.07) is 8.22. The molecular weight excluding hydrogens is 500 g/mol. The molecule has 10 nitrogen and oxygen atoms in total. The normalized spacial score (nSPS) is 13.1. The highest BCUT2D eigenvalue weighted by Crippen LogP contribution is 2.22. The molecule has 1 aromatic carbocycles. The van der Waals surface area contributed by atoms with Crippen molar-refractivity contribution >= 4 is 11.8 Å². The third-order valence-electron chi connectivity index (χ3n) is 5.88. The lowest BCUT2D eigenvalue weighted by molar-refractivity contribution is 0.0426. The first-order valence-corrected chi connectivity index (χ1v) is 11.9. The fourth-order valence-electron chi connectivity index (χ4n) is 3.96. The average Bonchev–Trinajstić information content (AvgIpc) is 2.88. The second kappa shape index (κ2) is 11.4. The van der Waals surface area contributed by atoms with E-state index < -0.39 is 40.2 Å². The van der Waals surface area contributed by atoms with Gasteiger partial charge in [-0.2, -0.15) is 0 Å². The Bertz CT molecular complexity index is 1400. The molecule has 2 N–H and O–H groups in total. The van der Waals surface area contributed by atoms with E-state index in [9.17, 15) is 28.3 Å². The topological polar surface area (TPSA) is 117 Å². The number of carbonyl (C=O) groups excluding carboxylic acids is 2. The Balaban J connectivity index is 1.66. The van der Waals surface area contributed by atoms with Crippen LogP contribution in [0.15, 0.2) is 53.6 Å². The Morgan fingerprint density at radius 3 is 2.68 bits per heavy atom. The van der Waals surface area contributed by atoms with Crippen molar-refractivity contribution in [3.8, 4) is 5.75 Å². The quantitative estimate of drug-likeness (QED) is 0.438. The van der Waals surface area contributed by atoms with Gasteiger partial charge in [0, 0.05) is 37.1 Å². The van der Waals surface area contributed by atoms with E-state index in [1.807, 2.05) is 13.8 Å². The number of hydrogen-bond donors (Lipinski definition) is 2. The van der Waals surface area contributed by atoms with Gasteiger partial charge in [-0.3, -0.25) is 29.1 Å². The number of aromatic nitrogens is 2. The van der Waals surface area contributed by atoms with E-state index >= 15 is 0 Å². The van der Waals surface area contributed by atoms with Crippen molar-refractivity contribution < 1.29 is 28.2 Å². The van der Waals surface area contributed by atoms with Crippen LogP contribution < -0.4 is 15.8 Å². The van der Waals surface area contributed by atoms with Crippen LogP contribution in [0.25, 0.3) is 0 Å². The summed E-state index contributed by atoms with van der Waals surface area (Å²) in [6.07, 6.45) is 2.72. The standard InChI is InChI=1S/C26H27F2N5O5/c1-16(2)38-10-9-31-15-32(13-19-5-3-4-8-29-19)33-14-20(23(34)24(35)22(33)26(31)37)25(36)30-12-17-6-7-18(27)11-21(17)28/h3-8,11,14,16,35H,9-10,12-13,15H2,1-2H3,(H,30,36). The Hall–Kier alpha value is -4.32. The van der Waals surface area contributed by atoms with Crippen molar-refractivity contribution in [2.45, 2.75) is 33.0 Å². The molecule has 0 atom stereocenters. The molecule has 2 amide bonds. The number of pyridine rings is 2. The van der Waals surface area contributed by atoms with E-state index in [0.717, 1.165) is 12.3 Å². The van der Waals surface area contributed by atoms with Crippen LogP contribution in [0.1, 0.15) is 46.0 Å². The number of nitrogens with zero attached hydrogens (tertiary/aromatic N) is 4. The third kappa shape index (κ3) is 5.80. The number of aromatic hydroxyl groups is 1. The lowest BCUT2D eigenvalue weighted by atomic mass is 10.1. The molecule has 3 heterocycles. The lowest BCUT2D eigenvalue weighted by Gasteiger charge is -2.39. The molecule has 0 radical (unpaired) electrons. The van der Waals surface area contributed by atoms with Crippen molar-refractivity contribution in [1.29, 1.82) is 0 Å². The van der Waals surface area contributed by atoms with Gasteiger partial charge in [0.1, 0.15) is 23.9 Å². The summed E-state index contributed by atoms with van der Waals surface area (Å²) in [5, 5.41) is 14.8. The van der Waals surface area contributed by atoms with E-state index in [-0.39, 0.29) is 50.3 Å². The highest BCUT2D eigenvalue weighted by molar-refractivity contribution is 5.99. The first-order valence-electron chi connectivity index (χ1n) is 11.9. The van der Waals surface area contributed by atoms with Gasteiger partial charge in [-0.05, 0) is 32.0 Å². The minimum atomic E-state index is -1.06. The van der Waals surface area contributed by atoms with Crippen LogP contribution in [0, 0.1) is 11.6 Å². The molecule has 0 saturated carbocycles. The lowest BCUT2D eigenvalue weighted by Crippen LogP contribution is -2.55. The zero-order valence-corrected chi connectivity index (χ0v) is 20.9. The Kier molecular flexibility index (Phi) is 8.01. The van der Waals surface area contributed by atoms with Crippen LogP contribution in [-0.4, -0.2) is 57.4 Å². The molecule has 3 aromatic rings. The van der Waals surface area contributed by atoms with Crippen LogP contribution in [0.5, 0.6) is 5.75 Å². The molecule has 1 aliphatic rings. The van der Waals surface area contributed by atoms with Crippen LogP contribution in [-0.2, 0) is 17.8 Å². The second-order valence-electron chi connectivity index (χ2n) is 8.95. The summed E-state index contributed by atoms with van der Waals surface area (Å²) in [6.45, 7) is 4.10. The smallest absolute Gasteiger partial charge is 0.277 e. The second-order valence-corrected chi connectivity index (χ2v) is 8.95. The minimum absolute atomic E-state index is 0.00764. The Morgan fingerprint density at radius 1 is 1.21 bits per heavy atom. The fourth-order valence-corrected chi connectivity index (χ4v) is 3.96. The molecule has 0 bridgehead atoms. The molecule has 0 unspecified atom stereocenters. The van der Waals surface area contributed by atoms with Crippen molar-refractivity contribution in [2.24, 2.45) is 0 Å². The maximum atomic E-state index is 14.0. The highest BCUT2D eigenvalue weighted by Gasteiger charge is 2.34. The van der Waals surface area contributed by atoms with Crippen LogP contribution in [0.4, 0.5) is 8.78 Å². The van der Waals surface area contributed by atoms with Gasteiger partial charge in [0.15, 0.2) is 11.4 Å². The number of benzene rings is 1. The van der Waals surface area contributed by atoms with Gasteiger partial charge < -0.3 is 20.1 Å². The molecular formula is C26H27F2N5O5. The van der Waals surface area contributed by atoms with Gasteiger partial charge >= 0.3 is 0 Å². The number of rotatable bonds is 9. The molecule has 200 valence electrons. The van der Waals surface area contributed by atoms with Crippen molar-refractivity contribution in [3.63, 3.8) is 0 Å². The van der Waals surface area contributed by atoms with E-state index in [0.29, 0.717) is 11.8 Å². The SMILES string of the molecule is CC(C)OCCN1CN(Cc2ccccn2)n2cc(C(=O)NCc3ccc(F)cc3F)c(=O)c(O)c2C1=O. The number of amides is 2. The van der Waals surface area contributed by atoms with Crippen molar-refractivity contribution in [2.75, 3.05) is 24.8 Å². The molecule has 0 saturated heterocycles. The third-order valence-corrected chi connectivity index (χ3v) is 5.88. The Labute approximate surface area is 217 Å².